The molecular formula is C22H23FN4O4S. The molecule has 0 saturated heterocycles. The van der Waals surface area contributed by atoms with Gasteiger partial charge in [0, 0.05) is 31.1 Å². The summed E-state index contributed by atoms with van der Waals surface area (Å²) in [6, 6.07) is 12.3. The minimum atomic E-state index is -3.85. The normalized spacial score (nSPS) is 18.0. The molecule has 1 amide bonds. The maximum absolute atomic E-state index is 14.9. The van der Waals surface area contributed by atoms with Crippen molar-refractivity contribution in [2.45, 2.75) is 36.4 Å². The van der Waals surface area contributed by atoms with Crippen LogP contribution in [0.1, 0.15) is 28.2 Å². The van der Waals surface area contributed by atoms with Crippen LogP contribution in [0, 0.1) is 5.82 Å². The van der Waals surface area contributed by atoms with Gasteiger partial charge in [0.25, 0.3) is 10.0 Å². The first-order valence-corrected chi connectivity index (χ1v) is 11.5. The number of nitrogens with zero attached hydrogens (tertiary/aromatic N) is 2. The summed E-state index contributed by atoms with van der Waals surface area (Å²) in [7, 11) is -2.48. The number of H-pyrrole nitrogens is 1. The Labute approximate surface area is 185 Å². The molecule has 4 rings (SSSR count). The first kappa shape index (κ1) is 22.0. The van der Waals surface area contributed by atoms with E-state index in [2.05, 4.69) is 15.3 Å². The monoisotopic (exact) mass is 458 g/mol. The Balaban J connectivity index is 1.65. The molecule has 0 fully saturated rings. The molecule has 2 atom stereocenters. The van der Waals surface area contributed by atoms with Crippen molar-refractivity contribution in [2.24, 2.45) is 0 Å². The summed E-state index contributed by atoms with van der Waals surface area (Å²) in [4.78, 5) is 17.6. The second kappa shape index (κ2) is 8.71. The third kappa shape index (κ3) is 4.37. The summed E-state index contributed by atoms with van der Waals surface area (Å²) in [5.74, 6) is -0.720. The van der Waals surface area contributed by atoms with E-state index in [-0.39, 0.29) is 23.1 Å². The summed E-state index contributed by atoms with van der Waals surface area (Å²) in [5, 5.41) is 11.8. The molecule has 2 unspecified atom stereocenters. The minimum absolute atomic E-state index is 0.0748. The van der Waals surface area contributed by atoms with Crippen molar-refractivity contribution in [2.75, 3.05) is 7.05 Å². The van der Waals surface area contributed by atoms with Gasteiger partial charge in [0.05, 0.1) is 12.5 Å². The van der Waals surface area contributed by atoms with E-state index in [4.69, 9.17) is 0 Å². The molecule has 2 aromatic carbocycles. The van der Waals surface area contributed by atoms with Crippen LogP contribution in [0.2, 0.25) is 0 Å². The zero-order valence-electron chi connectivity index (χ0n) is 17.3. The number of carboxylic acid groups (broad SMARTS) is 1. The van der Waals surface area contributed by atoms with Crippen molar-refractivity contribution in [1.82, 2.24) is 19.6 Å². The van der Waals surface area contributed by atoms with Gasteiger partial charge in [-0.15, -0.1) is 0 Å². The number of hydrogen-bond donors (Lipinski definition) is 3. The fraction of sp³-hybridized carbons (Fsp3) is 0.273. The van der Waals surface area contributed by atoms with Gasteiger partial charge in [-0.25, -0.2) is 22.6 Å². The molecule has 1 heterocycles. The average Bonchev–Trinajstić information content (AvgIpc) is 3.39. The number of hydrogen-bond acceptors (Lipinski definition) is 4. The van der Waals surface area contributed by atoms with Gasteiger partial charge in [-0.1, -0.05) is 36.4 Å². The number of imidazole rings is 1. The van der Waals surface area contributed by atoms with Crippen LogP contribution in [-0.2, 0) is 29.4 Å². The third-order valence-corrected chi connectivity index (χ3v) is 7.52. The van der Waals surface area contributed by atoms with E-state index >= 15 is 0 Å². The van der Waals surface area contributed by atoms with E-state index in [0.717, 1.165) is 21.0 Å². The van der Waals surface area contributed by atoms with Gasteiger partial charge in [0.15, 0.2) is 5.03 Å². The summed E-state index contributed by atoms with van der Waals surface area (Å²) < 4.78 is 41.3. The Morgan fingerprint density at radius 2 is 2.06 bits per heavy atom. The van der Waals surface area contributed by atoms with Gasteiger partial charge in [0.2, 0.25) is 0 Å². The number of fused-ring (bicyclic) bond motifs is 1. The Kier molecular flexibility index (Phi) is 5.98. The predicted molar refractivity (Wildman–Crippen MR) is 115 cm³/mol. The van der Waals surface area contributed by atoms with E-state index < -0.39 is 28.0 Å². The van der Waals surface area contributed by atoms with Crippen LogP contribution >= 0.6 is 0 Å². The first-order valence-electron chi connectivity index (χ1n) is 10.0. The van der Waals surface area contributed by atoms with Crippen LogP contribution in [0.3, 0.4) is 0 Å². The van der Waals surface area contributed by atoms with E-state index in [9.17, 15) is 22.7 Å². The summed E-state index contributed by atoms with van der Waals surface area (Å²) >= 11 is 0. The van der Waals surface area contributed by atoms with E-state index in [1.54, 1.807) is 6.07 Å². The number of carbonyl (C=O) groups is 1. The molecule has 0 radical (unpaired) electrons. The number of nitrogens with one attached hydrogen (secondary N) is 2. The largest absolute Gasteiger partial charge is 0.465 e. The molecule has 1 aromatic heterocycles. The Morgan fingerprint density at radius 1 is 1.31 bits per heavy atom. The number of aromatic amines is 1. The third-order valence-electron chi connectivity index (χ3n) is 5.79. The summed E-state index contributed by atoms with van der Waals surface area (Å²) in [6.07, 6.45) is 2.28. The molecule has 1 aliphatic carbocycles. The lowest BCUT2D eigenvalue weighted by molar-refractivity contribution is 0.188. The highest BCUT2D eigenvalue weighted by Gasteiger charge is 2.35. The molecule has 0 saturated carbocycles. The zero-order chi connectivity index (χ0) is 22.9. The topological polar surface area (TPSA) is 115 Å². The SMILES string of the molecule is CN(Cc1cc2c(cc1F)CC(NC(=O)O)C2Cc1ccccc1)S(=O)(=O)c1cnc[nH]1. The number of aromatic nitrogens is 2. The van der Waals surface area contributed by atoms with E-state index in [1.165, 1.54) is 25.6 Å². The Bertz CT molecular complexity index is 1220. The predicted octanol–water partition coefficient (Wildman–Crippen LogP) is 2.89. The second-order valence-corrected chi connectivity index (χ2v) is 9.89. The van der Waals surface area contributed by atoms with Gasteiger partial charge in [-0.2, -0.15) is 4.31 Å². The fourth-order valence-corrected chi connectivity index (χ4v) is 5.27. The van der Waals surface area contributed by atoms with Crippen molar-refractivity contribution in [3.63, 3.8) is 0 Å². The molecular weight excluding hydrogens is 435 g/mol. The van der Waals surface area contributed by atoms with Crippen LogP contribution in [0.15, 0.2) is 60.0 Å². The van der Waals surface area contributed by atoms with Crippen molar-refractivity contribution in [3.8, 4) is 0 Å². The minimum Gasteiger partial charge on any atom is -0.465 e. The van der Waals surface area contributed by atoms with Crippen LogP contribution in [-0.4, -0.2) is 47.0 Å². The van der Waals surface area contributed by atoms with Crippen LogP contribution in [0.5, 0.6) is 0 Å². The Morgan fingerprint density at radius 3 is 2.72 bits per heavy atom. The van der Waals surface area contributed by atoms with Gasteiger partial charge in [-0.05, 0) is 35.6 Å². The van der Waals surface area contributed by atoms with Crippen molar-refractivity contribution in [3.05, 3.63) is 83.1 Å². The molecule has 1 aliphatic rings. The number of amides is 1. The molecule has 8 nitrogen and oxygen atoms in total. The number of benzene rings is 2. The number of rotatable bonds is 7. The molecule has 0 aliphatic heterocycles. The smallest absolute Gasteiger partial charge is 0.404 e. The number of halogens is 1. The Hall–Kier alpha value is -3.24. The molecule has 168 valence electrons. The van der Waals surface area contributed by atoms with Crippen molar-refractivity contribution < 1.29 is 22.7 Å². The van der Waals surface area contributed by atoms with Gasteiger partial charge in [0.1, 0.15) is 5.82 Å². The first-order chi connectivity index (χ1) is 15.3. The van der Waals surface area contributed by atoms with E-state index in [0.29, 0.717) is 12.8 Å². The van der Waals surface area contributed by atoms with Crippen molar-refractivity contribution in [1.29, 1.82) is 0 Å². The fourth-order valence-electron chi connectivity index (χ4n) is 4.22. The molecule has 0 bridgehead atoms. The van der Waals surface area contributed by atoms with Crippen LogP contribution < -0.4 is 5.32 Å². The van der Waals surface area contributed by atoms with Crippen LogP contribution in [0.25, 0.3) is 0 Å². The van der Waals surface area contributed by atoms with Crippen molar-refractivity contribution >= 4 is 16.1 Å². The molecule has 10 heteroatoms. The maximum atomic E-state index is 14.9. The van der Waals surface area contributed by atoms with Crippen LogP contribution in [0.4, 0.5) is 9.18 Å². The molecule has 0 spiro atoms. The lowest BCUT2D eigenvalue weighted by Gasteiger charge is -2.21. The van der Waals surface area contributed by atoms with Gasteiger partial charge in [-0.3, -0.25) is 0 Å². The summed E-state index contributed by atoms with van der Waals surface area (Å²) in [5.41, 5.74) is 2.82. The summed E-state index contributed by atoms with van der Waals surface area (Å²) in [6.45, 7) is -0.171. The highest BCUT2D eigenvalue weighted by Crippen LogP contribution is 2.38. The highest BCUT2D eigenvalue weighted by atomic mass is 32.2. The maximum Gasteiger partial charge on any atom is 0.404 e. The molecule has 3 aromatic rings. The van der Waals surface area contributed by atoms with E-state index in [1.807, 2.05) is 30.3 Å². The average molecular weight is 459 g/mol. The molecule has 32 heavy (non-hydrogen) atoms. The highest BCUT2D eigenvalue weighted by molar-refractivity contribution is 7.89. The molecule has 3 N–H and O–H groups in total. The van der Waals surface area contributed by atoms with Gasteiger partial charge >= 0.3 is 6.09 Å². The lowest BCUT2D eigenvalue weighted by atomic mass is 9.90. The zero-order valence-corrected chi connectivity index (χ0v) is 18.1. The second-order valence-electron chi connectivity index (χ2n) is 7.88. The lowest BCUT2D eigenvalue weighted by Crippen LogP contribution is -2.37. The standard InChI is InChI=1S/C22H23FN4O4S/c1-27(32(30,31)21-11-24-13-25-21)12-16-8-17-15(9-19(16)23)10-20(26-22(28)29)18(17)7-14-5-3-2-4-6-14/h2-6,8-9,11,13,18,20,26H,7,10,12H2,1H3,(H,24,25)(H,28,29). The number of sulfonamides is 1. The van der Waals surface area contributed by atoms with Gasteiger partial charge < -0.3 is 15.4 Å². The quantitative estimate of drug-likeness (QED) is 0.504.